The predicted octanol–water partition coefficient (Wildman–Crippen LogP) is 6.14. The molecule has 6 nitrogen and oxygen atoms in total. The summed E-state index contributed by atoms with van der Waals surface area (Å²) in [6.07, 6.45) is 1.65. The molecule has 0 aliphatic heterocycles. The van der Waals surface area contributed by atoms with Crippen LogP contribution >= 0.6 is 23.1 Å². The van der Waals surface area contributed by atoms with Crippen LogP contribution in [-0.4, -0.2) is 30.5 Å². The number of benzene rings is 3. The number of Topliss-reactive ketones (excluding diaryl/α,β-unsaturated/α-hetero) is 1. The van der Waals surface area contributed by atoms with Crippen LogP contribution in [0, 0.1) is 0 Å². The fraction of sp³-hybridized carbons (Fsp3) is 0.0690. The largest absolute Gasteiger partial charge is 0.497 e. The van der Waals surface area contributed by atoms with Crippen LogP contribution in [-0.2, 0) is 4.79 Å². The van der Waals surface area contributed by atoms with Crippen LogP contribution in [0.5, 0.6) is 5.75 Å². The summed E-state index contributed by atoms with van der Waals surface area (Å²) >= 11 is 2.83. The van der Waals surface area contributed by atoms with Crippen molar-refractivity contribution in [1.82, 2.24) is 5.32 Å². The summed E-state index contributed by atoms with van der Waals surface area (Å²) in [5.74, 6) is 0.0157. The lowest BCUT2D eigenvalue weighted by Gasteiger charge is -2.12. The standard InChI is InChI=1S/C29H24N2O4S2/c1-35-23-12-5-10-21(16-23)27(32)19-37-24-13-6-11-22(17-24)30-29(34)26(18-25-14-7-15-36-25)31-28(33)20-8-3-2-4-9-20/h2-18H,19H2,1H3,(H,30,34)(H,31,33)/b26-18-. The van der Waals surface area contributed by atoms with Gasteiger partial charge in [-0.15, -0.1) is 23.1 Å². The quantitative estimate of drug-likeness (QED) is 0.147. The first kappa shape index (κ1) is 25.9. The van der Waals surface area contributed by atoms with Gasteiger partial charge in [-0.05, 0) is 60.0 Å². The maximum Gasteiger partial charge on any atom is 0.272 e. The van der Waals surface area contributed by atoms with E-state index in [1.165, 1.54) is 23.1 Å². The Morgan fingerprint density at radius 1 is 0.892 bits per heavy atom. The van der Waals surface area contributed by atoms with Gasteiger partial charge in [-0.1, -0.05) is 42.5 Å². The Morgan fingerprint density at radius 3 is 2.43 bits per heavy atom. The van der Waals surface area contributed by atoms with Crippen LogP contribution in [0.1, 0.15) is 25.6 Å². The van der Waals surface area contributed by atoms with Crippen LogP contribution in [0.4, 0.5) is 5.69 Å². The van der Waals surface area contributed by atoms with Gasteiger partial charge in [0.05, 0.1) is 12.9 Å². The Kier molecular flexibility index (Phi) is 8.91. The van der Waals surface area contributed by atoms with E-state index in [2.05, 4.69) is 10.6 Å². The van der Waals surface area contributed by atoms with E-state index in [0.717, 1.165) is 9.77 Å². The topological polar surface area (TPSA) is 84.5 Å². The van der Waals surface area contributed by atoms with Crippen molar-refractivity contribution in [1.29, 1.82) is 0 Å². The lowest BCUT2D eigenvalue weighted by Crippen LogP contribution is -2.30. The molecule has 3 aromatic carbocycles. The van der Waals surface area contributed by atoms with E-state index in [0.29, 0.717) is 22.6 Å². The molecule has 8 heteroatoms. The van der Waals surface area contributed by atoms with Gasteiger partial charge < -0.3 is 15.4 Å². The zero-order valence-electron chi connectivity index (χ0n) is 20.0. The minimum Gasteiger partial charge on any atom is -0.497 e. The van der Waals surface area contributed by atoms with E-state index >= 15 is 0 Å². The summed E-state index contributed by atoms with van der Waals surface area (Å²) in [6, 6.07) is 26.7. The Hall–Kier alpha value is -4.14. The number of carbonyl (C=O) groups excluding carboxylic acids is 3. The third kappa shape index (κ3) is 7.42. The number of thiophene rings is 1. The van der Waals surface area contributed by atoms with Gasteiger partial charge in [-0.25, -0.2) is 0 Å². The van der Waals surface area contributed by atoms with Crippen LogP contribution in [0.3, 0.4) is 0 Å². The van der Waals surface area contributed by atoms with Crippen molar-refractivity contribution in [2.75, 3.05) is 18.2 Å². The molecule has 0 spiro atoms. The first-order valence-corrected chi connectivity index (χ1v) is 13.2. The van der Waals surface area contributed by atoms with Gasteiger partial charge in [-0.3, -0.25) is 14.4 Å². The fourth-order valence-corrected chi connectivity index (χ4v) is 4.86. The molecular weight excluding hydrogens is 504 g/mol. The molecule has 0 fully saturated rings. The van der Waals surface area contributed by atoms with E-state index in [1.54, 1.807) is 79.9 Å². The highest BCUT2D eigenvalue weighted by molar-refractivity contribution is 8.00. The summed E-state index contributed by atoms with van der Waals surface area (Å²) in [5.41, 5.74) is 1.71. The van der Waals surface area contributed by atoms with Gasteiger partial charge in [0.15, 0.2) is 5.78 Å². The van der Waals surface area contributed by atoms with E-state index in [1.807, 2.05) is 29.6 Å². The molecule has 0 saturated carbocycles. The molecule has 0 aliphatic carbocycles. The number of ether oxygens (including phenoxy) is 1. The maximum atomic E-state index is 13.2. The van der Waals surface area contributed by atoms with E-state index < -0.39 is 5.91 Å². The highest BCUT2D eigenvalue weighted by Gasteiger charge is 2.16. The minimum absolute atomic E-state index is 0.0249. The number of thioether (sulfide) groups is 1. The Balaban J connectivity index is 1.44. The third-order valence-electron chi connectivity index (χ3n) is 5.21. The molecule has 4 aromatic rings. The number of hydrogen-bond donors (Lipinski definition) is 2. The molecule has 4 rings (SSSR count). The predicted molar refractivity (Wildman–Crippen MR) is 149 cm³/mol. The summed E-state index contributed by atoms with van der Waals surface area (Å²) in [7, 11) is 1.56. The third-order valence-corrected chi connectivity index (χ3v) is 7.03. The molecule has 2 amide bonds. The maximum absolute atomic E-state index is 13.2. The van der Waals surface area contributed by atoms with Gasteiger partial charge in [0.25, 0.3) is 11.8 Å². The molecule has 0 atom stereocenters. The number of hydrogen-bond acceptors (Lipinski definition) is 6. The van der Waals surface area contributed by atoms with Gasteiger partial charge in [-0.2, -0.15) is 0 Å². The van der Waals surface area contributed by atoms with E-state index in [9.17, 15) is 14.4 Å². The van der Waals surface area contributed by atoms with Crippen molar-refractivity contribution in [2.24, 2.45) is 0 Å². The molecule has 1 aromatic heterocycles. The molecule has 0 saturated heterocycles. The van der Waals surface area contributed by atoms with Crippen molar-refractivity contribution in [3.63, 3.8) is 0 Å². The number of ketones is 1. The van der Waals surface area contributed by atoms with Gasteiger partial charge in [0, 0.05) is 26.6 Å². The lowest BCUT2D eigenvalue weighted by atomic mass is 10.1. The normalized spacial score (nSPS) is 11.0. The molecule has 186 valence electrons. The van der Waals surface area contributed by atoms with Gasteiger partial charge in [0.2, 0.25) is 0 Å². The Labute approximate surface area is 223 Å². The Bertz CT molecular complexity index is 1420. The molecule has 0 bridgehead atoms. The van der Waals surface area contributed by atoms with Gasteiger partial charge >= 0.3 is 0 Å². The van der Waals surface area contributed by atoms with Crippen molar-refractivity contribution >= 4 is 52.5 Å². The average molecular weight is 529 g/mol. The lowest BCUT2D eigenvalue weighted by molar-refractivity contribution is -0.113. The summed E-state index contributed by atoms with van der Waals surface area (Å²) in [6.45, 7) is 0. The van der Waals surface area contributed by atoms with Crippen molar-refractivity contribution in [3.8, 4) is 5.75 Å². The fourth-order valence-electron chi connectivity index (χ4n) is 3.35. The number of rotatable bonds is 10. The number of carbonyl (C=O) groups is 3. The second-order valence-corrected chi connectivity index (χ2v) is 9.85. The molecule has 37 heavy (non-hydrogen) atoms. The van der Waals surface area contributed by atoms with E-state index in [-0.39, 0.29) is 23.1 Å². The molecule has 2 N–H and O–H groups in total. The summed E-state index contributed by atoms with van der Waals surface area (Å²) < 4.78 is 5.19. The van der Waals surface area contributed by atoms with Crippen molar-refractivity contribution < 1.29 is 19.1 Å². The van der Waals surface area contributed by atoms with Crippen molar-refractivity contribution in [2.45, 2.75) is 4.90 Å². The van der Waals surface area contributed by atoms with Crippen LogP contribution in [0.15, 0.2) is 107 Å². The number of amides is 2. The zero-order chi connectivity index (χ0) is 26.0. The zero-order valence-corrected chi connectivity index (χ0v) is 21.6. The first-order chi connectivity index (χ1) is 18.0. The molecule has 0 radical (unpaired) electrons. The highest BCUT2D eigenvalue weighted by Crippen LogP contribution is 2.24. The van der Waals surface area contributed by atoms with Crippen LogP contribution in [0.25, 0.3) is 6.08 Å². The second-order valence-electron chi connectivity index (χ2n) is 7.82. The minimum atomic E-state index is -0.452. The Morgan fingerprint density at radius 2 is 1.68 bits per heavy atom. The monoisotopic (exact) mass is 528 g/mol. The first-order valence-electron chi connectivity index (χ1n) is 11.3. The number of anilines is 1. The van der Waals surface area contributed by atoms with Crippen LogP contribution in [0.2, 0.25) is 0 Å². The highest BCUT2D eigenvalue weighted by atomic mass is 32.2. The molecule has 0 aliphatic rings. The summed E-state index contributed by atoms with van der Waals surface area (Å²) in [5, 5.41) is 7.48. The molecule has 0 unspecified atom stereocenters. The summed E-state index contributed by atoms with van der Waals surface area (Å²) in [4.78, 5) is 40.2. The van der Waals surface area contributed by atoms with Gasteiger partial charge in [0.1, 0.15) is 11.4 Å². The molecule has 1 heterocycles. The van der Waals surface area contributed by atoms with E-state index in [4.69, 9.17) is 4.74 Å². The van der Waals surface area contributed by atoms with Crippen LogP contribution < -0.4 is 15.4 Å². The smallest absolute Gasteiger partial charge is 0.272 e. The SMILES string of the molecule is COc1cccc(C(=O)CSc2cccc(NC(=O)/C(=C/c3cccs3)NC(=O)c3ccccc3)c2)c1. The number of nitrogens with one attached hydrogen (secondary N) is 2. The number of methoxy groups -OCH3 is 1. The van der Waals surface area contributed by atoms with Crippen molar-refractivity contribution in [3.05, 3.63) is 118 Å². The average Bonchev–Trinajstić information content (AvgIpc) is 3.45. The second kappa shape index (κ2) is 12.7. The molecular formula is C29H24N2O4S2.